The van der Waals surface area contributed by atoms with Crippen molar-refractivity contribution in [3.8, 4) is 0 Å². The van der Waals surface area contributed by atoms with Crippen LogP contribution < -0.4 is 0 Å². The first kappa shape index (κ1) is 12.5. The third-order valence-electron chi connectivity index (χ3n) is 2.95. The molecule has 3 heteroatoms. The first-order chi connectivity index (χ1) is 7.89. The second kappa shape index (κ2) is 4.39. The van der Waals surface area contributed by atoms with E-state index in [1.54, 1.807) is 0 Å². The van der Waals surface area contributed by atoms with Crippen molar-refractivity contribution in [2.75, 3.05) is 6.61 Å². The van der Waals surface area contributed by atoms with Gasteiger partial charge in [-0.1, -0.05) is 45.0 Å². The van der Waals surface area contributed by atoms with Gasteiger partial charge in [-0.3, -0.25) is 4.18 Å². The lowest BCUT2D eigenvalue weighted by Crippen LogP contribution is -2.10. The summed E-state index contributed by atoms with van der Waals surface area (Å²) in [4.78, 5) is 0.838. The van der Waals surface area contributed by atoms with Crippen LogP contribution in [0.15, 0.2) is 29.8 Å². The van der Waals surface area contributed by atoms with E-state index >= 15 is 0 Å². The summed E-state index contributed by atoms with van der Waals surface area (Å²) in [5, 5.41) is 0. The largest absolute Gasteiger partial charge is 0.282 e. The molecule has 1 aliphatic heterocycles. The molecule has 0 aliphatic carbocycles. The molecule has 92 valence electrons. The Balaban J connectivity index is 2.37. The molecular formula is C14H18O2S. The van der Waals surface area contributed by atoms with Gasteiger partial charge in [-0.25, -0.2) is 4.21 Å². The van der Waals surface area contributed by atoms with Gasteiger partial charge in [0.2, 0.25) is 0 Å². The van der Waals surface area contributed by atoms with Crippen molar-refractivity contribution in [2.45, 2.75) is 33.1 Å². The van der Waals surface area contributed by atoms with Gasteiger partial charge in [-0.15, -0.1) is 0 Å². The Hall–Kier alpha value is -0.930. The number of rotatable bonds is 1. The summed E-state index contributed by atoms with van der Waals surface area (Å²) in [6, 6.07) is 8.27. The molecule has 1 aromatic carbocycles. The van der Waals surface area contributed by atoms with Gasteiger partial charge in [0.15, 0.2) is 11.1 Å². The molecule has 0 aromatic heterocycles. The molecule has 0 spiro atoms. The van der Waals surface area contributed by atoms with E-state index in [-0.39, 0.29) is 5.41 Å². The summed E-state index contributed by atoms with van der Waals surface area (Å²) in [6.07, 6.45) is 0. The van der Waals surface area contributed by atoms with Gasteiger partial charge < -0.3 is 0 Å². The third-order valence-corrected chi connectivity index (χ3v) is 4.20. The highest BCUT2D eigenvalue weighted by molar-refractivity contribution is 7.90. The number of benzene rings is 1. The predicted molar refractivity (Wildman–Crippen MR) is 71.8 cm³/mol. The first-order valence-electron chi connectivity index (χ1n) is 5.75. The Morgan fingerprint density at radius 2 is 1.76 bits per heavy atom. The molecule has 17 heavy (non-hydrogen) atoms. The van der Waals surface area contributed by atoms with E-state index < -0.39 is 11.1 Å². The minimum absolute atomic E-state index is 0.146. The highest BCUT2D eigenvalue weighted by Crippen LogP contribution is 2.30. The average molecular weight is 250 g/mol. The normalized spacial score (nSPS) is 21.1. The summed E-state index contributed by atoms with van der Waals surface area (Å²) < 4.78 is 16.8. The maximum absolute atomic E-state index is 11.7. The van der Waals surface area contributed by atoms with Gasteiger partial charge in [0.05, 0.1) is 11.5 Å². The molecule has 1 aliphatic rings. The van der Waals surface area contributed by atoms with Crippen LogP contribution in [0.4, 0.5) is 0 Å². The van der Waals surface area contributed by atoms with E-state index in [9.17, 15) is 4.21 Å². The second-order valence-corrected chi connectivity index (χ2v) is 6.55. The van der Waals surface area contributed by atoms with Crippen molar-refractivity contribution in [1.82, 2.24) is 0 Å². The van der Waals surface area contributed by atoms with Gasteiger partial charge >= 0.3 is 0 Å². The maximum atomic E-state index is 11.7. The van der Waals surface area contributed by atoms with E-state index in [2.05, 4.69) is 32.9 Å². The lowest BCUT2D eigenvalue weighted by atomic mass is 9.86. The van der Waals surface area contributed by atoms with Crippen LogP contribution in [0.2, 0.25) is 0 Å². The van der Waals surface area contributed by atoms with E-state index in [1.807, 2.05) is 19.1 Å². The fraction of sp³-hybridized carbons (Fsp3) is 0.429. The molecule has 1 atom stereocenters. The molecule has 0 saturated carbocycles. The van der Waals surface area contributed by atoms with Crippen molar-refractivity contribution < 1.29 is 8.39 Å². The van der Waals surface area contributed by atoms with Crippen LogP contribution in [0.3, 0.4) is 0 Å². The standard InChI is InChI=1S/C14H18O2S/c1-10-9-16-17(15)13(10)11-5-7-12(8-6-11)14(2,3)4/h5-8H,9H2,1-4H3. The Labute approximate surface area is 105 Å². The summed E-state index contributed by atoms with van der Waals surface area (Å²) in [6.45, 7) is 9.00. The molecule has 0 N–H and O–H groups in total. The van der Waals surface area contributed by atoms with Gasteiger partial charge in [0.25, 0.3) is 0 Å². The number of hydrogen-bond donors (Lipinski definition) is 0. The summed E-state index contributed by atoms with van der Waals surface area (Å²) in [5.74, 6) is 0. The quantitative estimate of drug-likeness (QED) is 0.763. The minimum Gasteiger partial charge on any atom is -0.282 e. The van der Waals surface area contributed by atoms with Crippen LogP contribution in [0.5, 0.6) is 0 Å². The molecule has 1 aromatic rings. The molecule has 0 fully saturated rings. The van der Waals surface area contributed by atoms with Crippen molar-refractivity contribution >= 4 is 16.0 Å². The SMILES string of the molecule is CC1=C(c2ccc(C(C)(C)C)cc2)S(=O)OC1. The first-order valence-corrected chi connectivity index (χ1v) is 6.83. The van der Waals surface area contributed by atoms with Crippen molar-refractivity contribution in [3.05, 3.63) is 41.0 Å². The number of hydrogen-bond acceptors (Lipinski definition) is 2. The maximum Gasteiger partial charge on any atom is 0.190 e. The van der Waals surface area contributed by atoms with E-state index in [4.69, 9.17) is 4.18 Å². The van der Waals surface area contributed by atoms with Crippen LogP contribution in [0, 0.1) is 0 Å². The van der Waals surface area contributed by atoms with Gasteiger partial charge in [-0.05, 0) is 29.0 Å². The zero-order chi connectivity index (χ0) is 12.6. The Kier molecular flexibility index (Phi) is 3.23. The van der Waals surface area contributed by atoms with E-state index in [0.29, 0.717) is 6.61 Å². The van der Waals surface area contributed by atoms with Crippen LogP contribution in [-0.2, 0) is 20.7 Å². The molecule has 2 nitrogen and oxygen atoms in total. The molecule has 1 heterocycles. The van der Waals surface area contributed by atoms with E-state index in [1.165, 1.54) is 5.56 Å². The Bertz CT molecular complexity index is 478. The van der Waals surface area contributed by atoms with Crippen LogP contribution in [-0.4, -0.2) is 10.8 Å². The van der Waals surface area contributed by atoms with Crippen molar-refractivity contribution in [1.29, 1.82) is 0 Å². The smallest absolute Gasteiger partial charge is 0.190 e. The second-order valence-electron chi connectivity index (χ2n) is 5.43. The summed E-state index contributed by atoms with van der Waals surface area (Å²) in [5.41, 5.74) is 3.50. The molecule has 0 bridgehead atoms. The average Bonchev–Trinajstić information content (AvgIpc) is 2.58. The van der Waals surface area contributed by atoms with Crippen LogP contribution in [0.1, 0.15) is 38.8 Å². The summed E-state index contributed by atoms with van der Waals surface area (Å²) >= 11 is -1.29. The lowest BCUT2D eigenvalue weighted by molar-refractivity contribution is 0.401. The van der Waals surface area contributed by atoms with Crippen molar-refractivity contribution in [2.24, 2.45) is 0 Å². The Morgan fingerprint density at radius 1 is 1.18 bits per heavy atom. The highest BCUT2D eigenvalue weighted by Gasteiger charge is 2.22. The fourth-order valence-electron chi connectivity index (χ4n) is 1.87. The van der Waals surface area contributed by atoms with E-state index in [0.717, 1.165) is 16.0 Å². The van der Waals surface area contributed by atoms with Gasteiger partial charge in [0, 0.05) is 0 Å². The molecule has 0 amide bonds. The molecule has 2 rings (SSSR count). The third kappa shape index (κ3) is 2.50. The minimum atomic E-state index is -1.29. The Morgan fingerprint density at radius 3 is 2.18 bits per heavy atom. The molecule has 1 unspecified atom stereocenters. The van der Waals surface area contributed by atoms with Gasteiger partial charge in [-0.2, -0.15) is 0 Å². The zero-order valence-electron chi connectivity index (χ0n) is 10.7. The van der Waals surface area contributed by atoms with Crippen LogP contribution in [0.25, 0.3) is 4.91 Å². The molecule has 0 saturated heterocycles. The summed E-state index contributed by atoms with van der Waals surface area (Å²) in [7, 11) is 0. The molecule has 0 radical (unpaired) electrons. The predicted octanol–water partition coefficient (Wildman–Crippen LogP) is 3.41. The van der Waals surface area contributed by atoms with Crippen LogP contribution >= 0.6 is 0 Å². The highest BCUT2D eigenvalue weighted by atomic mass is 32.2. The fourth-order valence-corrected chi connectivity index (χ4v) is 2.95. The van der Waals surface area contributed by atoms with Crippen molar-refractivity contribution in [3.63, 3.8) is 0 Å². The monoisotopic (exact) mass is 250 g/mol. The topological polar surface area (TPSA) is 26.3 Å². The molecular weight excluding hydrogens is 232 g/mol. The lowest BCUT2D eigenvalue weighted by Gasteiger charge is -2.19. The zero-order valence-corrected chi connectivity index (χ0v) is 11.6. The van der Waals surface area contributed by atoms with Gasteiger partial charge in [0.1, 0.15) is 0 Å².